The summed E-state index contributed by atoms with van der Waals surface area (Å²) in [7, 11) is -2.09. The number of benzene rings is 1. The molecule has 1 rings (SSSR count). The second-order valence-electron chi connectivity index (χ2n) is 5.82. The Hall–Kier alpha value is -0.910. The number of aliphatic hydroxyl groups excluding tert-OH is 1. The quantitative estimate of drug-likeness (QED) is 0.878. The molecular weight excluding hydrogens is 274 g/mol. The molecule has 0 radical (unpaired) electrons. The fourth-order valence-corrected chi connectivity index (χ4v) is 3.29. The summed E-state index contributed by atoms with van der Waals surface area (Å²) in [5.41, 5.74) is 0.310. The van der Waals surface area contributed by atoms with Crippen molar-refractivity contribution >= 4 is 10.0 Å². The molecule has 0 fully saturated rings. The second kappa shape index (κ2) is 6.24. The number of aliphatic hydroxyl groups is 1. The SMILES string of the molecule is CCC(C)c1ccc(S(=O)(=O)N(C)C(C)(C)CO)cc1. The van der Waals surface area contributed by atoms with Gasteiger partial charge in [-0.3, -0.25) is 0 Å². The van der Waals surface area contributed by atoms with E-state index < -0.39 is 15.6 Å². The van der Waals surface area contributed by atoms with Gasteiger partial charge in [-0.2, -0.15) is 4.31 Å². The average Bonchev–Trinajstić information content (AvgIpc) is 2.45. The van der Waals surface area contributed by atoms with E-state index in [2.05, 4.69) is 13.8 Å². The Bertz CT molecular complexity index is 535. The van der Waals surface area contributed by atoms with Crippen LogP contribution in [-0.2, 0) is 10.0 Å². The fraction of sp³-hybridized carbons (Fsp3) is 0.600. The highest BCUT2D eigenvalue weighted by molar-refractivity contribution is 7.89. The minimum absolute atomic E-state index is 0.228. The topological polar surface area (TPSA) is 57.6 Å². The summed E-state index contributed by atoms with van der Waals surface area (Å²) >= 11 is 0. The van der Waals surface area contributed by atoms with Crippen molar-refractivity contribution in [3.05, 3.63) is 29.8 Å². The third-order valence-corrected chi connectivity index (χ3v) is 6.04. The predicted octanol–water partition coefficient (Wildman–Crippen LogP) is 2.59. The second-order valence-corrected chi connectivity index (χ2v) is 7.79. The lowest BCUT2D eigenvalue weighted by Gasteiger charge is -2.32. The lowest BCUT2D eigenvalue weighted by Crippen LogP contribution is -2.47. The maximum Gasteiger partial charge on any atom is 0.243 e. The Morgan fingerprint density at radius 2 is 1.75 bits per heavy atom. The molecule has 0 bridgehead atoms. The lowest BCUT2D eigenvalue weighted by atomic mass is 9.99. The maximum atomic E-state index is 12.5. The van der Waals surface area contributed by atoms with E-state index in [0.717, 1.165) is 12.0 Å². The standard InChI is InChI=1S/C15H25NO3S/c1-6-12(2)13-7-9-14(10-8-13)20(18,19)16(5)15(3,4)11-17/h7-10,12,17H,6,11H2,1-5H3. The van der Waals surface area contributed by atoms with E-state index in [0.29, 0.717) is 5.92 Å². The molecule has 0 amide bonds. The number of sulfonamides is 1. The van der Waals surface area contributed by atoms with Gasteiger partial charge in [-0.05, 0) is 43.9 Å². The van der Waals surface area contributed by atoms with Crippen LogP contribution in [0.5, 0.6) is 0 Å². The first kappa shape index (κ1) is 17.1. The third kappa shape index (κ3) is 3.40. The number of nitrogens with zero attached hydrogens (tertiary/aromatic N) is 1. The summed E-state index contributed by atoms with van der Waals surface area (Å²) in [6, 6.07) is 7.00. The zero-order valence-corrected chi connectivity index (χ0v) is 13.7. The smallest absolute Gasteiger partial charge is 0.243 e. The van der Waals surface area contributed by atoms with Gasteiger partial charge in [0, 0.05) is 7.05 Å². The highest BCUT2D eigenvalue weighted by Crippen LogP contribution is 2.25. The van der Waals surface area contributed by atoms with Crippen molar-refractivity contribution in [2.24, 2.45) is 0 Å². The fourth-order valence-electron chi connectivity index (χ4n) is 1.79. The molecule has 5 heteroatoms. The first-order valence-corrected chi connectivity index (χ1v) is 8.30. The number of rotatable bonds is 6. The van der Waals surface area contributed by atoms with Crippen molar-refractivity contribution < 1.29 is 13.5 Å². The van der Waals surface area contributed by atoms with Crippen LogP contribution in [0.25, 0.3) is 0 Å². The van der Waals surface area contributed by atoms with Gasteiger partial charge in [0.2, 0.25) is 10.0 Å². The molecule has 0 saturated heterocycles. The molecule has 0 spiro atoms. The van der Waals surface area contributed by atoms with E-state index in [4.69, 9.17) is 0 Å². The molecular formula is C15H25NO3S. The van der Waals surface area contributed by atoms with E-state index in [1.807, 2.05) is 12.1 Å². The first-order chi connectivity index (χ1) is 9.16. The molecule has 0 aliphatic carbocycles. The lowest BCUT2D eigenvalue weighted by molar-refractivity contribution is 0.138. The zero-order chi connectivity index (χ0) is 15.6. The van der Waals surface area contributed by atoms with Crippen LogP contribution in [0.1, 0.15) is 45.6 Å². The third-order valence-electron chi connectivity index (χ3n) is 3.96. The molecule has 0 aliphatic rings. The largest absolute Gasteiger partial charge is 0.394 e. The van der Waals surface area contributed by atoms with Crippen LogP contribution >= 0.6 is 0 Å². The van der Waals surface area contributed by atoms with Crippen LogP contribution in [0, 0.1) is 0 Å². The summed E-state index contributed by atoms with van der Waals surface area (Å²) < 4.78 is 26.2. The molecule has 4 nitrogen and oxygen atoms in total. The van der Waals surface area contributed by atoms with Gasteiger partial charge in [-0.1, -0.05) is 26.0 Å². The van der Waals surface area contributed by atoms with Crippen LogP contribution in [0.2, 0.25) is 0 Å². The van der Waals surface area contributed by atoms with Crippen molar-refractivity contribution in [1.29, 1.82) is 0 Å². The number of hydrogen-bond donors (Lipinski definition) is 1. The number of hydrogen-bond acceptors (Lipinski definition) is 3. The van der Waals surface area contributed by atoms with Crippen molar-refractivity contribution in [1.82, 2.24) is 4.31 Å². The monoisotopic (exact) mass is 299 g/mol. The Labute approximate surface area is 122 Å². The van der Waals surface area contributed by atoms with Crippen LogP contribution in [-0.4, -0.2) is 37.0 Å². The zero-order valence-electron chi connectivity index (χ0n) is 12.9. The molecule has 1 aromatic carbocycles. The molecule has 1 N–H and O–H groups in total. The average molecular weight is 299 g/mol. The molecule has 20 heavy (non-hydrogen) atoms. The Kier molecular flexibility index (Phi) is 5.35. The van der Waals surface area contributed by atoms with Crippen LogP contribution < -0.4 is 0 Å². The van der Waals surface area contributed by atoms with Gasteiger partial charge >= 0.3 is 0 Å². The van der Waals surface area contributed by atoms with Crippen LogP contribution in [0.4, 0.5) is 0 Å². The first-order valence-electron chi connectivity index (χ1n) is 6.86. The van der Waals surface area contributed by atoms with Gasteiger partial charge in [0.05, 0.1) is 17.0 Å². The molecule has 114 valence electrons. The van der Waals surface area contributed by atoms with Crippen molar-refractivity contribution in [3.63, 3.8) is 0 Å². The van der Waals surface area contributed by atoms with E-state index in [9.17, 15) is 13.5 Å². The Morgan fingerprint density at radius 1 is 1.25 bits per heavy atom. The molecule has 0 aliphatic heterocycles. The van der Waals surface area contributed by atoms with E-state index in [1.165, 1.54) is 11.4 Å². The normalized spacial score (nSPS) is 14.6. The Morgan fingerprint density at radius 3 is 2.15 bits per heavy atom. The van der Waals surface area contributed by atoms with E-state index >= 15 is 0 Å². The van der Waals surface area contributed by atoms with Gasteiger partial charge in [-0.15, -0.1) is 0 Å². The molecule has 1 aromatic rings. The van der Waals surface area contributed by atoms with Gasteiger partial charge in [0.15, 0.2) is 0 Å². The highest BCUT2D eigenvalue weighted by atomic mass is 32.2. The summed E-state index contributed by atoms with van der Waals surface area (Å²) in [5, 5.41) is 9.32. The van der Waals surface area contributed by atoms with Crippen molar-refractivity contribution in [3.8, 4) is 0 Å². The summed E-state index contributed by atoms with van der Waals surface area (Å²) in [6.07, 6.45) is 1.02. The summed E-state index contributed by atoms with van der Waals surface area (Å²) in [4.78, 5) is 0.258. The van der Waals surface area contributed by atoms with Crippen molar-refractivity contribution in [2.45, 2.75) is 50.5 Å². The van der Waals surface area contributed by atoms with E-state index in [-0.39, 0.29) is 11.5 Å². The molecule has 0 aromatic heterocycles. The van der Waals surface area contributed by atoms with Gasteiger partial charge in [0.25, 0.3) is 0 Å². The van der Waals surface area contributed by atoms with Gasteiger partial charge < -0.3 is 5.11 Å². The minimum Gasteiger partial charge on any atom is -0.394 e. The Balaban J connectivity index is 3.11. The number of likely N-dealkylation sites (N-methyl/N-ethyl adjacent to an activating group) is 1. The summed E-state index contributed by atoms with van der Waals surface area (Å²) in [5.74, 6) is 0.415. The molecule has 0 heterocycles. The summed E-state index contributed by atoms with van der Waals surface area (Å²) in [6.45, 7) is 7.38. The maximum absolute atomic E-state index is 12.5. The molecule has 1 unspecified atom stereocenters. The highest BCUT2D eigenvalue weighted by Gasteiger charge is 2.33. The van der Waals surface area contributed by atoms with Crippen molar-refractivity contribution in [2.75, 3.05) is 13.7 Å². The minimum atomic E-state index is -3.58. The van der Waals surface area contributed by atoms with Gasteiger partial charge in [0.1, 0.15) is 0 Å². The predicted molar refractivity (Wildman–Crippen MR) is 81.3 cm³/mol. The van der Waals surface area contributed by atoms with E-state index in [1.54, 1.807) is 26.0 Å². The van der Waals surface area contributed by atoms with Crippen LogP contribution in [0.15, 0.2) is 29.2 Å². The molecule has 1 atom stereocenters. The van der Waals surface area contributed by atoms with Gasteiger partial charge in [-0.25, -0.2) is 8.42 Å². The van der Waals surface area contributed by atoms with Crippen LogP contribution in [0.3, 0.4) is 0 Å². The molecule has 0 saturated carbocycles.